The second-order valence-electron chi connectivity index (χ2n) is 8.16. The molecule has 2 heterocycles. The van der Waals surface area contributed by atoms with E-state index in [1.54, 1.807) is 23.0 Å². The summed E-state index contributed by atoms with van der Waals surface area (Å²) in [5.41, 5.74) is 14.2. The van der Waals surface area contributed by atoms with Gasteiger partial charge in [0.15, 0.2) is 0 Å². The van der Waals surface area contributed by atoms with Crippen LogP contribution in [-0.2, 0) is 6.54 Å². The first-order valence-corrected chi connectivity index (χ1v) is 10.5. The summed E-state index contributed by atoms with van der Waals surface area (Å²) in [5.74, 6) is -2.32. The molecule has 0 unspecified atom stereocenters. The molecule has 4 aromatic rings. The fourth-order valence-electron chi connectivity index (χ4n) is 4.11. The maximum absolute atomic E-state index is 13.9. The van der Waals surface area contributed by atoms with Crippen molar-refractivity contribution in [3.05, 3.63) is 82.6 Å². The van der Waals surface area contributed by atoms with E-state index in [-0.39, 0.29) is 28.3 Å². The number of amides is 2. The molecular weight excluding hydrogens is 435 g/mol. The van der Waals surface area contributed by atoms with E-state index >= 15 is 0 Å². The zero-order valence-corrected chi connectivity index (χ0v) is 18.5. The number of fused-ring (bicyclic) bond motifs is 1. The van der Waals surface area contributed by atoms with Gasteiger partial charge in [0.1, 0.15) is 11.5 Å². The summed E-state index contributed by atoms with van der Waals surface area (Å²) in [5, 5.41) is 13.8. The lowest BCUT2D eigenvalue weighted by Crippen LogP contribution is -2.21. The van der Waals surface area contributed by atoms with Gasteiger partial charge in [0, 0.05) is 28.3 Å². The number of halogens is 1. The van der Waals surface area contributed by atoms with Crippen LogP contribution in [0, 0.1) is 17.1 Å². The van der Waals surface area contributed by atoms with E-state index in [1.165, 1.54) is 12.1 Å². The summed E-state index contributed by atoms with van der Waals surface area (Å²) in [6.07, 6.45) is 1.55. The Labute approximate surface area is 194 Å². The van der Waals surface area contributed by atoms with Gasteiger partial charge in [-0.15, -0.1) is 0 Å². The number of carbonyl (C=O) groups excluding carboxylic acids is 2. The van der Waals surface area contributed by atoms with Gasteiger partial charge in [-0.3, -0.25) is 14.3 Å². The second kappa shape index (κ2) is 8.75. The Kier molecular flexibility index (Phi) is 5.82. The number of benzene rings is 2. The van der Waals surface area contributed by atoms with E-state index in [1.807, 2.05) is 26.0 Å². The van der Waals surface area contributed by atoms with Crippen molar-refractivity contribution in [2.24, 2.45) is 11.5 Å². The molecule has 0 radical (unpaired) electrons. The first-order valence-electron chi connectivity index (χ1n) is 10.5. The van der Waals surface area contributed by atoms with Crippen LogP contribution >= 0.6 is 0 Å². The van der Waals surface area contributed by atoms with Crippen LogP contribution in [0.25, 0.3) is 22.0 Å². The highest BCUT2D eigenvalue weighted by molar-refractivity contribution is 6.15. The summed E-state index contributed by atoms with van der Waals surface area (Å²) in [6, 6.07) is 12.9. The van der Waals surface area contributed by atoms with E-state index in [2.05, 4.69) is 16.2 Å². The number of nitriles is 1. The minimum atomic E-state index is -0.877. The van der Waals surface area contributed by atoms with Gasteiger partial charge in [-0.25, -0.2) is 9.37 Å². The highest BCUT2D eigenvalue weighted by Gasteiger charge is 2.28. The zero-order chi connectivity index (χ0) is 24.6. The standard InChI is InChI=1S/C25H21FN6O2/c1-13(2)23-18(11-30-32(23)12-15-5-3-14(10-27)4-6-15)20-21(24(28)33)17-8-7-16(26)9-19(17)31-22(20)25(29)34/h3-9,11,13H,12H2,1-2H3,(H2,28,33)(H2,29,34). The molecule has 9 heteroatoms. The van der Waals surface area contributed by atoms with Crippen molar-refractivity contribution >= 4 is 22.7 Å². The predicted octanol–water partition coefficient (Wildman–Crippen LogP) is 3.48. The highest BCUT2D eigenvalue weighted by Crippen LogP contribution is 2.37. The Morgan fingerprint density at radius 1 is 1.12 bits per heavy atom. The molecule has 4 rings (SSSR count). The monoisotopic (exact) mass is 456 g/mol. The minimum absolute atomic E-state index is 0.0265. The number of rotatable bonds is 6. The highest BCUT2D eigenvalue weighted by atomic mass is 19.1. The maximum Gasteiger partial charge on any atom is 0.267 e. The molecule has 0 aliphatic carbocycles. The van der Waals surface area contributed by atoms with Gasteiger partial charge in [0.25, 0.3) is 5.91 Å². The van der Waals surface area contributed by atoms with Gasteiger partial charge in [-0.2, -0.15) is 10.4 Å². The molecule has 4 N–H and O–H groups in total. The van der Waals surface area contributed by atoms with Crippen molar-refractivity contribution in [1.82, 2.24) is 14.8 Å². The first-order chi connectivity index (χ1) is 16.2. The number of hydrogen-bond donors (Lipinski definition) is 2. The lowest BCUT2D eigenvalue weighted by molar-refractivity contribution is 0.0996. The molecule has 0 bridgehead atoms. The molecule has 2 aromatic heterocycles. The van der Waals surface area contributed by atoms with Crippen LogP contribution in [-0.4, -0.2) is 26.6 Å². The fourth-order valence-corrected chi connectivity index (χ4v) is 4.11. The second-order valence-corrected chi connectivity index (χ2v) is 8.16. The van der Waals surface area contributed by atoms with Crippen LogP contribution in [0.2, 0.25) is 0 Å². The van der Waals surface area contributed by atoms with Gasteiger partial charge in [0.05, 0.1) is 35.5 Å². The third-order valence-electron chi connectivity index (χ3n) is 5.54. The lowest BCUT2D eigenvalue weighted by Gasteiger charge is -2.17. The van der Waals surface area contributed by atoms with Gasteiger partial charge in [0.2, 0.25) is 5.91 Å². The molecule has 0 saturated heterocycles. The number of nitrogens with two attached hydrogens (primary N) is 2. The molecule has 170 valence electrons. The van der Waals surface area contributed by atoms with E-state index in [0.717, 1.165) is 17.3 Å². The van der Waals surface area contributed by atoms with Crippen molar-refractivity contribution < 1.29 is 14.0 Å². The molecule has 34 heavy (non-hydrogen) atoms. The Balaban J connectivity index is 1.98. The minimum Gasteiger partial charge on any atom is -0.366 e. The van der Waals surface area contributed by atoms with Crippen molar-refractivity contribution in [1.29, 1.82) is 5.26 Å². The molecule has 0 aliphatic heterocycles. The molecular formula is C25H21FN6O2. The number of pyridine rings is 1. The molecule has 0 fully saturated rings. The first kappa shape index (κ1) is 22.6. The summed E-state index contributed by atoms with van der Waals surface area (Å²) in [7, 11) is 0. The average molecular weight is 456 g/mol. The summed E-state index contributed by atoms with van der Waals surface area (Å²) in [4.78, 5) is 29.3. The van der Waals surface area contributed by atoms with Crippen molar-refractivity contribution in [2.75, 3.05) is 0 Å². The van der Waals surface area contributed by atoms with Crippen LogP contribution in [0.5, 0.6) is 0 Å². The number of primary amides is 2. The van der Waals surface area contributed by atoms with Crippen LogP contribution in [0.3, 0.4) is 0 Å². The lowest BCUT2D eigenvalue weighted by atomic mass is 9.91. The predicted molar refractivity (Wildman–Crippen MR) is 124 cm³/mol. The van der Waals surface area contributed by atoms with Crippen LogP contribution in [0.15, 0.2) is 48.7 Å². The number of carbonyl (C=O) groups is 2. The van der Waals surface area contributed by atoms with E-state index < -0.39 is 17.6 Å². The smallest absolute Gasteiger partial charge is 0.267 e. The SMILES string of the molecule is CC(C)c1c(-c2c(C(N)=O)nc3cc(F)ccc3c2C(N)=O)cnn1Cc1ccc(C#N)cc1. The molecule has 0 spiro atoms. The molecule has 2 aromatic carbocycles. The van der Waals surface area contributed by atoms with E-state index in [4.69, 9.17) is 16.7 Å². The summed E-state index contributed by atoms with van der Waals surface area (Å²) < 4.78 is 15.6. The van der Waals surface area contributed by atoms with Crippen LogP contribution in [0.1, 0.15) is 57.4 Å². The van der Waals surface area contributed by atoms with E-state index in [0.29, 0.717) is 23.1 Å². The molecule has 0 saturated carbocycles. The van der Waals surface area contributed by atoms with Crippen LogP contribution in [0.4, 0.5) is 4.39 Å². The third kappa shape index (κ3) is 3.97. The van der Waals surface area contributed by atoms with Gasteiger partial charge >= 0.3 is 0 Å². The molecule has 8 nitrogen and oxygen atoms in total. The quantitative estimate of drug-likeness (QED) is 0.457. The molecule has 2 amide bonds. The third-order valence-corrected chi connectivity index (χ3v) is 5.54. The number of nitrogens with zero attached hydrogens (tertiary/aromatic N) is 4. The molecule has 0 aliphatic rings. The fraction of sp³-hybridized carbons (Fsp3) is 0.160. The van der Waals surface area contributed by atoms with Gasteiger partial charge in [-0.1, -0.05) is 26.0 Å². The van der Waals surface area contributed by atoms with Crippen molar-refractivity contribution in [3.8, 4) is 17.2 Å². The van der Waals surface area contributed by atoms with Gasteiger partial charge in [-0.05, 0) is 35.7 Å². The molecule has 0 atom stereocenters. The zero-order valence-electron chi connectivity index (χ0n) is 18.5. The number of hydrogen-bond acceptors (Lipinski definition) is 5. The normalized spacial score (nSPS) is 11.0. The largest absolute Gasteiger partial charge is 0.366 e. The Morgan fingerprint density at radius 3 is 2.41 bits per heavy atom. The van der Waals surface area contributed by atoms with Crippen molar-refractivity contribution in [2.45, 2.75) is 26.3 Å². The Morgan fingerprint density at radius 2 is 1.82 bits per heavy atom. The summed E-state index contributed by atoms with van der Waals surface area (Å²) in [6.45, 7) is 4.30. The topological polar surface area (TPSA) is 141 Å². The van der Waals surface area contributed by atoms with Crippen LogP contribution < -0.4 is 11.5 Å². The van der Waals surface area contributed by atoms with Gasteiger partial charge < -0.3 is 11.5 Å². The van der Waals surface area contributed by atoms with E-state index in [9.17, 15) is 14.0 Å². The average Bonchev–Trinajstić information content (AvgIpc) is 3.21. The Hall–Kier alpha value is -4.58. The number of aromatic nitrogens is 3. The summed E-state index contributed by atoms with van der Waals surface area (Å²) >= 11 is 0. The Bertz CT molecular complexity index is 1480. The van der Waals surface area contributed by atoms with Crippen molar-refractivity contribution in [3.63, 3.8) is 0 Å². The maximum atomic E-state index is 13.9.